The zero-order valence-electron chi connectivity index (χ0n) is 22.3. The van der Waals surface area contributed by atoms with Gasteiger partial charge in [-0.05, 0) is 68.4 Å². The van der Waals surface area contributed by atoms with Gasteiger partial charge in [-0.1, -0.05) is 35.3 Å². The lowest BCUT2D eigenvalue weighted by Gasteiger charge is -2.32. The fourth-order valence-corrected chi connectivity index (χ4v) is 5.75. The summed E-state index contributed by atoms with van der Waals surface area (Å²) >= 11 is 12.8. The Morgan fingerprint density at radius 3 is 2.68 bits per heavy atom. The van der Waals surface area contributed by atoms with E-state index in [0.29, 0.717) is 46.1 Å². The van der Waals surface area contributed by atoms with E-state index in [-0.39, 0.29) is 23.0 Å². The van der Waals surface area contributed by atoms with Crippen LogP contribution in [0.25, 0.3) is 11.3 Å². The van der Waals surface area contributed by atoms with Crippen molar-refractivity contribution in [3.63, 3.8) is 0 Å². The second-order valence-corrected chi connectivity index (χ2v) is 10.9. The van der Waals surface area contributed by atoms with E-state index in [1.807, 2.05) is 42.3 Å². The molecule has 1 saturated heterocycles. The number of anilines is 2. The molecule has 10 heteroatoms. The van der Waals surface area contributed by atoms with E-state index in [4.69, 9.17) is 33.2 Å². The van der Waals surface area contributed by atoms with E-state index in [0.717, 1.165) is 36.2 Å². The number of aliphatic imine (C=N–C) groups is 1. The lowest BCUT2D eigenvalue weighted by atomic mass is 9.95. The van der Waals surface area contributed by atoms with Crippen molar-refractivity contribution in [2.45, 2.75) is 25.4 Å². The first-order valence-corrected chi connectivity index (χ1v) is 14.2. The molecule has 1 aromatic heterocycles. The average Bonchev–Trinajstić information content (AvgIpc) is 3.13. The molecule has 3 aromatic carbocycles. The Morgan fingerprint density at radius 2 is 1.90 bits per heavy atom. The molecule has 0 aliphatic carbocycles. The SMILES string of the molecule is CNC1CCCN(C(=O)c2ccc(Nc3ncc4c(n3)-c3ccc(Cl)cc3C(c3c(F)cccc3Cl)=NC4)cc2)C1. The highest BCUT2D eigenvalue weighted by molar-refractivity contribution is 6.36. The molecule has 1 fully saturated rings. The van der Waals surface area contributed by atoms with Crippen molar-refractivity contribution in [2.75, 3.05) is 25.5 Å². The predicted octanol–water partition coefficient (Wildman–Crippen LogP) is 6.51. The zero-order chi connectivity index (χ0) is 28.5. The number of amides is 1. The molecule has 0 radical (unpaired) electrons. The monoisotopic (exact) mass is 588 g/mol. The summed E-state index contributed by atoms with van der Waals surface area (Å²) in [7, 11) is 1.93. The molecule has 7 nitrogen and oxygen atoms in total. The number of fused-ring (bicyclic) bond motifs is 3. The molecule has 2 aliphatic rings. The molecule has 0 spiro atoms. The van der Waals surface area contributed by atoms with E-state index in [1.165, 1.54) is 6.07 Å². The maximum absolute atomic E-state index is 15.0. The van der Waals surface area contributed by atoms with Crippen LogP contribution >= 0.6 is 23.2 Å². The zero-order valence-corrected chi connectivity index (χ0v) is 23.8. The summed E-state index contributed by atoms with van der Waals surface area (Å²) in [6, 6.07) is 17.6. The highest BCUT2D eigenvalue weighted by Gasteiger charge is 2.25. The van der Waals surface area contributed by atoms with Crippen LogP contribution in [0, 0.1) is 5.82 Å². The molecule has 2 N–H and O–H groups in total. The lowest BCUT2D eigenvalue weighted by Crippen LogP contribution is -2.46. The summed E-state index contributed by atoms with van der Waals surface area (Å²) in [5.74, 6) is -0.0616. The van der Waals surface area contributed by atoms with Crippen LogP contribution in [0.3, 0.4) is 0 Å². The van der Waals surface area contributed by atoms with Crippen molar-refractivity contribution in [3.8, 4) is 11.3 Å². The fourth-order valence-electron chi connectivity index (χ4n) is 5.33. The largest absolute Gasteiger partial charge is 0.337 e. The molecule has 0 saturated carbocycles. The van der Waals surface area contributed by atoms with E-state index in [2.05, 4.69) is 15.6 Å². The van der Waals surface area contributed by atoms with Gasteiger partial charge in [0.15, 0.2) is 0 Å². The van der Waals surface area contributed by atoms with Crippen LogP contribution in [0.2, 0.25) is 10.0 Å². The number of piperidine rings is 1. The van der Waals surface area contributed by atoms with Gasteiger partial charge in [0.1, 0.15) is 5.82 Å². The number of halogens is 3. The Balaban J connectivity index is 1.28. The Hall–Kier alpha value is -3.85. The normalized spacial score (nSPS) is 16.3. The number of carbonyl (C=O) groups is 1. The minimum atomic E-state index is -0.467. The summed E-state index contributed by atoms with van der Waals surface area (Å²) in [5, 5.41) is 7.26. The Labute approximate surface area is 247 Å². The number of benzene rings is 3. The van der Waals surface area contributed by atoms with Gasteiger partial charge >= 0.3 is 0 Å². The van der Waals surface area contributed by atoms with Crippen LogP contribution in [-0.4, -0.2) is 52.7 Å². The lowest BCUT2D eigenvalue weighted by molar-refractivity contribution is 0.0698. The van der Waals surface area contributed by atoms with Gasteiger partial charge in [-0.3, -0.25) is 9.79 Å². The van der Waals surface area contributed by atoms with Gasteiger partial charge in [-0.25, -0.2) is 14.4 Å². The van der Waals surface area contributed by atoms with Gasteiger partial charge in [0.25, 0.3) is 5.91 Å². The van der Waals surface area contributed by atoms with Crippen LogP contribution in [0.5, 0.6) is 0 Å². The number of nitrogens with zero attached hydrogens (tertiary/aromatic N) is 4. The molecule has 41 heavy (non-hydrogen) atoms. The Morgan fingerprint density at radius 1 is 1.07 bits per heavy atom. The van der Waals surface area contributed by atoms with Gasteiger partial charge in [-0.2, -0.15) is 0 Å². The third-order valence-electron chi connectivity index (χ3n) is 7.47. The van der Waals surface area contributed by atoms with Crippen molar-refractivity contribution >= 4 is 46.5 Å². The number of likely N-dealkylation sites (tertiary alicyclic amines) is 1. The highest BCUT2D eigenvalue weighted by atomic mass is 35.5. The van der Waals surface area contributed by atoms with Crippen molar-refractivity contribution in [1.29, 1.82) is 0 Å². The number of nitrogens with one attached hydrogen (secondary N) is 2. The van der Waals surface area contributed by atoms with Crippen LogP contribution in [-0.2, 0) is 6.54 Å². The van der Waals surface area contributed by atoms with Crippen LogP contribution in [0.15, 0.2) is 71.9 Å². The maximum Gasteiger partial charge on any atom is 0.253 e. The van der Waals surface area contributed by atoms with Crippen molar-refractivity contribution < 1.29 is 9.18 Å². The molecular formula is C31H27Cl2FN6O. The van der Waals surface area contributed by atoms with Crippen molar-refractivity contribution in [1.82, 2.24) is 20.2 Å². The summed E-state index contributed by atoms with van der Waals surface area (Å²) in [6.45, 7) is 1.71. The molecule has 4 aromatic rings. The van der Waals surface area contributed by atoms with Gasteiger partial charge < -0.3 is 15.5 Å². The standard InChI is InChI=1S/C31H27Cl2FN6O/c1-35-22-4-3-13-40(17-22)30(41)18-7-10-21(11-8-18)38-31-37-16-19-15-36-29(27-25(33)5-2-6-26(27)34)24-14-20(32)9-12-23(24)28(19)39-31/h2,5-12,14,16,22,35H,3-4,13,15,17H2,1H3,(H,37,38,39). The quantitative estimate of drug-likeness (QED) is 0.278. The molecule has 1 atom stereocenters. The molecule has 1 amide bonds. The number of aromatic nitrogens is 2. The average molecular weight is 590 g/mol. The van der Waals surface area contributed by atoms with Gasteiger partial charge in [0.05, 0.1) is 28.5 Å². The first-order chi connectivity index (χ1) is 19.9. The Kier molecular flexibility index (Phi) is 7.71. The molecule has 0 bridgehead atoms. The molecule has 1 unspecified atom stereocenters. The molecule has 2 aliphatic heterocycles. The van der Waals surface area contributed by atoms with E-state index >= 15 is 0 Å². The van der Waals surface area contributed by atoms with E-state index < -0.39 is 5.82 Å². The first kappa shape index (κ1) is 27.3. The molecular weight excluding hydrogens is 562 g/mol. The summed E-state index contributed by atoms with van der Waals surface area (Å²) in [4.78, 5) is 29.0. The van der Waals surface area contributed by atoms with Gasteiger partial charge in [0, 0.05) is 58.3 Å². The summed E-state index contributed by atoms with van der Waals surface area (Å²) in [6.07, 6.45) is 3.78. The molecule has 208 valence electrons. The topological polar surface area (TPSA) is 82.5 Å². The molecule has 3 heterocycles. The number of likely N-dealkylation sites (N-methyl/N-ethyl adjacent to an activating group) is 1. The number of hydrogen-bond acceptors (Lipinski definition) is 6. The Bertz CT molecular complexity index is 1640. The summed E-state index contributed by atoms with van der Waals surface area (Å²) in [5.41, 5.74) is 4.83. The smallest absolute Gasteiger partial charge is 0.253 e. The first-order valence-electron chi connectivity index (χ1n) is 13.4. The summed E-state index contributed by atoms with van der Waals surface area (Å²) < 4.78 is 15.0. The fraction of sp³-hybridized carbons (Fsp3) is 0.226. The minimum Gasteiger partial charge on any atom is -0.337 e. The molecule has 6 rings (SSSR count). The third-order valence-corrected chi connectivity index (χ3v) is 8.02. The van der Waals surface area contributed by atoms with Crippen LogP contribution in [0.1, 0.15) is 39.9 Å². The van der Waals surface area contributed by atoms with E-state index in [1.54, 1.807) is 30.5 Å². The van der Waals surface area contributed by atoms with Crippen molar-refractivity contribution in [3.05, 3.63) is 105 Å². The van der Waals surface area contributed by atoms with Crippen molar-refractivity contribution in [2.24, 2.45) is 4.99 Å². The highest BCUT2D eigenvalue weighted by Crippen LogP contribution is 2.35. The second kappa shape index (κ2) is 11.6. The number of carbonyl (C=O) groups excluding carboxylic acids is 1. The third kappa shape index (κ3) is 5.55. The second-order valence-electron chi connectivity index (χ2n) is 10.1. The number of rotatable bonds is 5. The van der Waals surface area contributed by atoms with Crippen LogP contribution in [0.4, 0.5) is 16.0 Å². The van der Waals surface area contributed by atoms with Gasteiger partial charge in [-0.15, -0.1) is 0 Å². The predicted molar refractivity (Wildman–Crippen MR) is 161 cm³/mol. The minimum absolute atomic E-state index is 0.0267. The number of hydrogen-bond donors (Lipinski definition) is 2. The maximum atomic E-state index is 15.0. The van der Waals surface area contributed by atoms with Crippen LogP contribution < -0.4 is 10.6 Å². The van der Waals surface area contributed by atoms with Gasteiger partial charge in [0.2, 0.25) is 5.95 Å². The van der Waals surface area contributed by atoms with E-state index in [9.17, 15) is 9.18 Å².